The van der Waals surface area contributed by atoms with Crippen molar-refractivity contribution in [1.29, 1.82) is 0 Å². The molecule has 5 heteroatoms. The van der Waals surface area contributed by atoms with E-state index >= 15 is 0 Å². The Labute approximate surface area is 94.3 Å². The van der Waals surface area contributed by atoms with Gasteiger partial charge in [-0.2, -0.15) is 5.10 Å². The summed E-state index contributed by atoms with van der Waals surface area (Å²) in [5.74, 6) is 0.980. The predicted octanol–water partition coefficient (Wildman–Crippen LogP) is 1.24. The number of hydrogen-bond acceptors (Lipinski definition) is 4. The van der Waals surface area contributed by atoms with E-state index in [1.54, 1.807) is 17.1 Å². The van der Waals surface area contributed by atoms with Gasteiger partial charge in [-0.15, -0.1) is 0 Å². The summed E-state index contributed by atoms with van der Waals surface area (Å²) in [7, 11) is 0. The lowest BCUT2D eigenvalue weighted by Gasteiger charge is -2.01. The summed E-state index contributed by atoms with van der Waals surface area (Å²) in [5.41, 5.74) is 7.43. The average Bonchev–Trinajstić information content (AvgIpc) is 2.78. The quantitative estimate of drug-likeness (QED) is 0.839. The molecule has 0 amide bonds. The van der Waals surface area contributed by atoms with Crippen LogP contribution in [0.1, 0.15) is 31.0 Å². The van der Waals surface area contributed by atoms with E-state index < -0.39 is 0 Å². The van der Waals surface area contributed by atoms with Crippen molar-refractivity contribution in [2.75, 3.05) is 0 Å². The second-order valence-electron chi connectivity index (χ2n) is 3.94. The zero-order valence-corrected chi connectivity index (χ0v) is 9.46. The van der Waals surface area contributed by atoms with Crippen molar-refractivity contribution < 1.29 is 0 Å². The minimum atomic E-state index is 0.407. The summed E-state index contributed by atoms with van der Waals surface area (Å²) in [6, 6.07) is 1.98. The van der Waals surface area contributed by atoms with Gasteiger partial charge in [0.25, 0.3) is 0 Å². The first-order valence-corrected chi connectivity index (χ1v) is 5.27. The zero-order valence-electron chi connectivity index (χ0n) is 9.46. The van der Waals surface area contributed by atoms with E-state index in [2.05, 4.69) is 28.9 Å². The molecule has 0 aromatic carbocycles. The first kappa shape index (κ1) is 10.8. The standard InChI is InChI=1S/C11H15N5/c1-8(2)10-3-4-16(15-10)11-13-6-9(5-12)7-14-11/h3-4,6-8H,5,12H2,1-2H3. The van der Waals surface area contributed by atoms with Crippen molar-refractivity contribution >= 4 is 0 Å². The Morgan fingerprint density at radius 3 is 2.50 bits per heavy atom. The lowest BCUT2D eigenvalue weighted by atomic mass is 10.1. The Hall–Kier alpha value is -1.75. The van der Waals surface area contributed by atoms with Crippen LogP contribution in [0.15, 0.2) is 24.7 Å². The molecule has 0 spiro atoms. The number of nitrogens with zero attached hydrogens (tertiary/aromatic N) is 4. The summed E-state index contributed by atoms with van der Waals surface area (Å²) >= 11 is 0. The molecule has 0 aliphatic carbocycles. The highest BCUT2D eigenvalue weighted by molar-refractivity contribution is 5.16. The minimum absolute atomic E-state index is 0.407. The number of nitrogens with two attached hydrogens (primary N) is 1. The van der Waals surface area contributed by atoms with Gasteiger partial charge in [0.05, 0.1) is 5.69 Å². The van der Waals surface area contributed by atoms with E-state index in [9.17, 15) is 0 Å². The van der Waals surface area contributed by atoms with E-state index in [0.29, 0.717) is 18.4 Å². The lowest BCUT2D eigenvalue weighted by molar-refractivity contribution is 0.740. The Balaban J connectivity index is 2.28. The fraction of sp³-hybridized carbons (Fsp3) is 0.364. The normalized spacial score (nSPS) is 11.0. The maximum absolute atomic E-state index is 5.48. The molecule has 0 aliphatic rings. The summed E-state index contributed by atoms with van der Waals surface area (Å²) in [6.07, 6.45) is 5.31. The Bertz CT molecular complexity index is 457. The molecule has 2 heterocycles. The molecule has 0 unspecified atom stereocenters. The maximum atomic E-state index is 5.48. The minimum Gasteiger partial charge on any atom is -0.326 e. The van der Waals surface area contributed by atoms with Gasteiger partial charge in [0.15, 0.2) is 0 Å². The average molecular weight is 217 g/mol. The second kappa shape index (κ2) is 4.40. The van der Waals surface area contributed by atoms with Crippen LogP contribution in [-0.2, 0) is 6.54 Å². The lowest BCUT2D eigenvalue weighted by Crippen LogP contribution is -2.05. The molecule has 2 N–H and O–H groups in total. The molecule has 2 aromatic rings. The highest BCUT2D eigenvalue weighted by atomic mass is 15.3. The Morgan fingerprint density at radius 2 is 2.00 bits per heavy atom. The topological polar surface area (TPSA) is 69.6 Å². The molecule has 16 heavy (non-hydrogen) atoms. The smallest absolute Gasteiger partial charge is 0.250 e. The highest BCUT2D eigenvalue weighted by Gasteiger charge is 2.06. The van der Waals surface area contributed by atoms with E-state index in [4.69, 9.17) is 5.73 Å². The van der Waals surface area contributed by atoms with Crippen LogP contribution in [0.4, 0.5) is 0 Å². The van der Waals surface area contributed by atoms with Gasteiger partial charge < -0.3 is 5.73 Å². The molecule has 0 saturated carbocycles. The molecule has 0 radical (unpaired) electrons. The third-order valence-electron chi connectivity index (χ3n) is 2.33. The van der Waals surface area contributed by atoms with Crippen LogP contribution >= 0.6 is 0 Å². The molecular weight excluding hydrogens is 202 g/mol. The van der Waals surface area contributed by atoms with Gasteiger partial charge in [-0.1, -0.05) is 13.8 Å². The first-order chi connectivity index (χ1) is 7.70. The summed E-state index contributed by atoms with van der Waals surface area (Å²) in [6.45, 7) is 4.66. The van der Waals surface area contributed by atoms with E-state index in [-0.39, 0.29) is 0 Å². The fourth-order valence-electron chi connectivity index (χ4n) is 1.33. The van der Waals surface area contributed by atoms with Gasteiger partial charge in [-0.25, -0.2) is 14.6 Å². The van der Waals surface area contributed by atoms with E-state index in [1.807, 2.05) is 12.3 Å². The maximum Gasteiger partial charge on any atom is 0.250 e. The molecule has 0 saturated heterocycles. The van der Waals surface area contributed by atoms with Gasteiger partial charge in [0, 0.05) is 30.7 Å². The van der Waals surface area contributed by atoms with Crippen molar-refractivity contribution in [3.8, 4) is 5.95 Å². The van der Waals surface area contributed by atoms with Crippen LogP contribution in [-0.4, -0.2) is 19.7 Å². The van der Waals surface area contributed by atoms with Gasteiger partial charge in [-0.05, 0) is 12.0 Å². The van der Waals surface area contributed by atoms with Crippen LogP contribution in [0.2, 0.25) is 0 Å². The van der Waals surface area contributed by atoms with Gasteiger partial charge in [-0.3, -0.25) is 0 Å². The molecule has 2 aromatic heterocycles. The largest absolute Gasteiger partial charge is 0.326 e. The molecular formula is C11H15N5. The molecule has 84 valence electrons. The zero-order chi connectivity index (χ0) is 11.5. The molecule has 0 bridgehead atoms. The van der Waals surface area contributed by atoms with Crippen LogP contribution in [0.3, 0.4) is 0 Å². The van der Waals surface area contributed by atoms with Crippen molar-refractivity contribution in [2.24, 2.45) is 5.73 Å². The second-order valence-corrected chi connectivity index (χ2v) is 3.94. The van der Waals surface area contributed by atoms with Gasteiger partial charge in [0.2, 0.25) is 5.95 Å². The van der Waals surface area contributed by atoms with Gasteiger partial charge in [0.1, 0.15) is 0 Å². The third-order valence-corrected chi connectivity index (χ3v) is 2.33. The van der Waals surface area contributed by atoms with Crippen molar-refractivity contribution in [1.82, 2.24) is 19.7 Å². The van der Waals surface area contributed by atoms with Crippen molar-refractivity contribution in [2.45, 2.75) is 26.3 Å². The molecule has 5 nitrogen and oxygen atoms in total. The highest BCUT2D eigenvalue weighted by Crippen LogP contribution is 2.11. The number of hydrogen-bond donors (Lipinski definition) is 1. The fourth-order valence-corrected chi connectivity index (χ4v) is 1.33. The number of aromatic nitrogens is 4. The molecule has 0 aliphatic heterocycles. The Kier molecular flexibility index (Phi) is 2.96. The van der Waals surface area contributed by atoms with Crippen molar-refractivity contribution in [3.05, 3.63) is 35.9 Å². The molecule has 0 fully saturated rings. The summed E-state index contributed by atoms with van der Waals surface area (Å²) in [5, 5.41) is 4.40. The molecule has 2 rings (SSSR count). The first-order valence-electron chi connectivity index (χ1n) is 5.27. The van der Waals surface area contributed by atoms with Crippen LogP contribution in [0.5, 0.6) is 0 Å². The predicted molar refractivity (Wildman–Crippen MR) is 61.1 cm³/mol. The van der Waals surface area contributed by atoms with Crippen LogP contribution in [0, 0.1) is 0 Å². The van der Waals surface area contributed by atoms with Gasteiger partial charge >= 0.3 is 0 Å². The SMILES string of the molecule is CC(C)c1ccn(-c2ncc(CN)cn2)n1. The Morgan fingerprint density at radius 1 is 1.31 bits per heavy atom. The summed E-state index contributed by atoms with van der Waals surface area (Å²) in [4.78, 5) is 8.40. The van der Waals surface area contributed by atoms with Crippen LogP contribution < -0.4 is 5.73 Å². The monoisotopic (exact) mass is 217 g/mol. The van der Waals surface area contributed by atoms with Crippen molar-refractivity contribution in [3.63, 3.8) is 0 Å². The number of rotatable bonds is 3. The van der Waals surface area contributed by atoms with E-state index in [0.717, 1.165) is 11.3 Å². The van der Waals surface area contributed by atoms with Crippen LogP contribution in [0.25, 0.3) is 5.95 Å². The molecule has 0 atom stereocenters. The summed E-state index contributed by atoms with van der Waals surface area (Å²) < 4.78 is 1.68. The third kappa shape index (κ3) is 2.09. The van der Waals surface area contributed by atoms with E-state index in [1.165, 1.54) is 0 Å².